The molecule has 136 valence electrons. The fraction of sp³-hybridized carbons (Fsp3) is 0.385. The number of thioether (sulfide) groups is 1. The number of primary amides is 1. The molecule has 1 aliphatic heterocycles. The number of amides is 1. The van der Waals surface area contributed by atoms with Gasteiger partial charge in [-0.15, -0.1) is 0 Å². The number of pyridine rings is 1. The van der Waals surface area contributed by atoms with Crippen LogP contribution in [0.3, 0.4) is 0 Å². The van der Waals surface area contributed by atoms with Crippen LogP contribution in [0.15, 0.2) is 22.7 Å². The maximum absolute atomic E-state index is 13.5. The first-order valence-corrected chi connectivity index (χ1v) is 16.3. The molecule has 7 nitrogen and oxygen atoms in total. The number of nitrogens with zero attached hydrogens (tertiary/aromatic N) is 3. The Balaban J connectivity index is 2.65. The summed E-state index contributed by atoms with van der Waals surface area (Å²) in [4.78, 5) is 30.1. The van der Waals surface area contributed by atoms with E-state index < -0.39 is 52.7 Å². The Kier molecular flexibility index (Phi) is 5.56. The maximum atomic E-state index is 13.5. The van der Waals surface area contributed by atoms with Gasteiger partial charge >= 0.3 is 152 Å². The summed E-state index contributed by atoms with van der Waals surface area (Å²) in [5, 5.41) is 10.3. The molecule has 1 unspecified atom stereocenters. The molecule has 1 aromatic heterocycles. The van der Waals surface area contributed by atoms with Gasteiger partial charge in [-0.25, -0.2) is 0 Å². The van der Waals surface area contributed by atoms with Crippen molar-refractivity contribution >= 4 is 52.6 Å². The molecule has 1 amide bonds. The molecule has 12 heteroatoms. The van der Waals surface area contributed by atoms with Crippen molar-refractivity contribution in [3.8, 4) is 0 Å². The molecule has 25 heavy (non-hydrogen) atoms. The van der Waals surface area contributed by atoms with Crippen LogP contribution in [0.25, 0.3) is 0 Å². The van der Waals surface area contributed by atoms with Crippen molar-refractivity contribution in [2.75, 3.05) is 4.90 Å². The number of hydrogen-bond acceptors (Lipinski definition) is 6. The molecular formula is C13H15F3N4O3SSn. The Morgan fingerprint density at radius 2 is 2.04 bits per heavy atom. The Morgan fingerprint density at radius 1 is 1.44 bits per heavy atom. The Morgan fingerprint density at radius 3 is 2.48 bits per heavy atom. The minimum absolute atomic E-state index is 0.0745. The van der Waals surface area contributed by atoms with E-state index in [1.807, 2.05) is 9.88 Å². The summed E-state index contributed by atoms with van der Waals surface area (Å²) in [5.74, 6) is -1.24. The molecule has 1 aromatic rings. The molecule has 2 heterocycles. The second kappa shape index (κ2) is 7.02. The average Bonchev–Trinajstić information content (AvgIpc) is 2.84. The average molecular weight is 483 g/mol. The second-order valence-corrected chi connectivity index (χ2v) is 15.1. The van der Waals surface area contributed by atoms with Crippen LogP contribution in [0, 0.1) is 10.1 Å². The number of hydrogen-bond donors (Lipinski definition) is 1. The van der Waals surface area contributed by atoms with Crippen LogP contribution < -0.4 is 14.3 Å². The SMILES string of the molecule is CC1SC(C(N)=O)=C(C(F)(F)F)N1c1ccc([N+](=O)[O-])[c]([SnH]([CH3])[CH3])n1. The summed E-state index contributed by atoms with van der Waals surface area (Å²) >= 11 is -1.82. The third-order valence-corrected chi connectivity index (χ3v) is 8.99. The number of nitrogens with two attached hydrogens (primary N) is 1. The minimum atomic E-state index is -4.81. The van der Waals surface area contributed by atoms with Crippen LogP contribution in [-0.2, 0) is 4.79 Å². The fourth-order valence-electron chi connectivity index (χ4n) is 2.48. The van der Waals surface area contributed by atoms with Gasteiger partial charge in [0.2, 0.25) is 0 Å². The summed E-state index contributed by atoms with van der Waals surface area (Å²) in [7, 11) is 0. The van der Waals surface area contributed by atoms with E-state index in [1.54, 1.807) is 0 Å². The number of carbonyl (C=O) groups is 1. The summed E-state index contributed by atoms with van der Waals surface area (Å²) < 4.78 is 40.8. The topological polar surface area (TPSA) is 102 Å². The van der Waals surface area contributed by atoms with Gasteiger partial charge in [-0.2, -0.15) is 0 Å². The predicted octanol–water partition coefficient (Wildman–Crippen LogP) is 1.84. The Hall–Kier alpha value is -1.50. The first kappa shape index (κ1) is 19.8. The standard InChI is InChI=1S/C11H8F3N4O3S.2CH3.Sn.H/c1-5-17(7-3-2-6(4-16-7)18(20)21)9(11(12,13)14)8(22-5)10(15)19;;;;/h2-3,5H,1H3,(H2,15,19);2*1H3;;. The Bertz CT molecular complexity index is 769. The van der Waals surface area contributed by atoms with Crippen LogP contribution in [0.2, 0.25) is 9.88 Å². The number of nitro groups is 1. The van der Waals surface area contributed by atoms with Crippen molar-refractivity contribution in [1.82, 2.24) is 4.98 Å². The van der Waals surface area contributed by atoms with Gasteiger partial charge in [-0.05, 0) is 0 Å². The van der Waals surface area contributed by atoms with Crippen molar-refractivity contribution in [2.24, 2.45) is 5.73 Å². The van der Waals surface area contributed by atoms with E-state index in [9.17, 15) is 28.1 Å². The number of halogens is 3. The molecule has 0 aromatic carbocycles. The zero-order chi connectivity index (χ0) is 19.1. The third-order valence-electron chi connectivity index (χ3n) is 3.48. The number of allylic oxidation sites excluding steroid dienone is 1. The van der Waals surface area contributed by atoms with Gasteiger partial charge in [0.15, 0.2) is 0 Å². The summed E-state index contributed by atoms with van der Waals surface area (Å²) in [6, 6.07) is 2.34. The van der Waals surface area contributed by atoms with Gasteiger partial charge in [-0.3, -0.25) is 0 Å². The van der Waals surface area contributed by atoms with E-state index in [-0.39, 0.29) is 15.2 Å². The van der Waals surface area contributed by atoms with Gasteiger partial charge in [0.25, 0.3) is 0 Å². The molecule has 0 bridgehead atoms. The van der Waals surface area contributed by atoms with Crippen LogP contribution in [0.1, 0.15) is 6.92 Å². The van der Waals surface area contributed by atoms with Crippen molar-refractivity contribution < 1.29 is 22.9 Å². The molecule has 0 radical (unpaired) electrons. The van der Waals surface area contributed by atoms with Crippen LogP contribution >= 0.6 is 11.8 Å². The summed E-state index contributed by atoms with van der Waals surface area (Å²) in [6.07, 6.45) is -4.81. The van der Waals surface area contributed by atoms with Crippen molar-refractivity contribution in [3.63, 3.8) is 0 Å². The molecule has 0 spiro atoms. The Labute approximate surface area is 152 Å². The molecule has 0 saturated heterocycles. The zero-order valence-electron chi connectivity index (χ0n) is 13.5. The van der Waals surface area contributed by atoms with E-state index in [4.69, 9.17) is 5.73 Å². The molecular weight excluding hydrogens is 468 g/mol. The number of aromatic nitrogens is 1. The molecule has 0 fully saturated rings. The van der Waals surface area contributed by atoms with Gasteiger partial charge in [0.05, 0.1) is 0 Å². The van der Waals surface area contributed by atoms with Crippen LogP contribution in [0.4, 0.5) is 24.7 Å². The number of carbonyl (C=O) groups excluding carboxylic acids is 1. The molecule has 1 aliphatic rings. The van der Waals surface area contributed by atoms with Crippen molar-refractivity contribution in [3.05, 3.63) is 32.8 Å². The van der Waals surface area contributed by atoms with E-state index in [2.05, 4.69) is 4.98 Å². The van der Waals surface area contributed by atoms with Gasteiger partial charge in [-0.1, -0.05) is 0 Å². The monoisotopic (exact) mass is 484 g/mol. The number of rotatable bonds is 4. The van der Waals surface area contributed by atoms with E-state index in [0.29, 0.717) is 11.8 Å². The fourth-order valence-corrected chi connectivity index (χ4v) is 6.96. The molecule has 1 atom stereocenters. The molecule has 2 N–H and O–H groups in total. The van der Waals surface area contributed by atoms with Gasteiger partial charge in [0, 0.05) is 0 Å². The van der Waals surface area contributed by atoms with E-state index in [1.165, 1.54) is 19.1 Å². The third kappa shape index (κ3) is 3.86. The quantitative estimate of drug-likeness (QED) is 0.399. The van der Waals surface area contributed by atoms with Crippen molar-refractivity contribution in [2.45, 2.75) is 28.4 Å². The van der Waals surface area contributed by atoms with E-state index >= 15 is 0 Å². The summed E-state index contributed by atoms with van der Waals surface area (Å²) in [6.45, 7) is 1.48. The molecule has 2 rings (SSSR count). The van der Waals surface area contributed by atoms with Gasteiger partial charge in [0.1, 0.15) is 0 Å². The summed E-state index contributed by atoms with van der Waals surface area (Å²) in [5.41, 5.74) is 3.73. The van der Waals surface area contributed by atoms with Gasteiger partial charge < -0.3 is 0 Å². The molecule has 0 aliphatic carbocycles. The normalized spacial score (nSPS) is 18.2. The van der Waals surface area contributed by atoms with E-state index in [0.717, 1.165) is 4.90 Å². The number of alkyl halides is 3. The second-order valence-electron chi connectivity index (χ2n) is 5.61. The first-order valence-electron chi connectivity index (χ1n) is 7.17. The first-order chi connectivity index (χ1) is 11.4. The zero-order valence-corrected chi connectivity index (χ0v) is 17.6. The van der Waals surface area contributed by atoms with Crippen LogP contribution in [-0.4, -0.2) is 47.1 Å². The molecule has 0 saturated carbocycles. The van der Waals surface area contributed by atoms with Crippen LogP contribution in [0.5, 0.6) is 0 Å². The predicted molar refractivity (Wildman–Crippen MR) is 91.2 cm³/mol. The number of anilines is 1. The van der Waals surface area contributed by atoms with Crippen molar-refractivity contribution in [1.29, 1.82) is 0 Å².